The van der Waals surface area contributed by atoms with Crippen molar-refractivity contribution in [2.24, 2.45) is 0 Å². The smallest absolute Gasteiger partial charge is 0.493 e. The number of carbonyl (C=O) groups is 1. The first kappa shape index (κ1) is 24.9. The molecule has 0 amide bonds. The van der Waals surface area contributed by atoms with Gasteiger partial charge in [-0.2, -0.15) is 21.6 Å². The van der Waals surface area contributed by atoms with Gasteiger partial charge in [-0.15, -0.1) is 0 Å². The molecule has 0 unspecified atom stereocenters. The summed E-state index contributed by atoms with van der Waals surface area (Å²) in [5.74, 6) is -0.675. The number of hydrogen-bond acceptors (Lipinski definition) is 7. The van der Waals surface area contributed by atoms with Crippen molar-refractivity contribution in [2.45, 2.75) is 5.51 Å². The van der Waals surface area contributed by atoms with Crippen molar-refractivity contribution in [3.05, 3.63) is 71.8 Å². The molecule has 3 aromatic rings. The van der Waals surface area contributed by atoms with E-state index in [1.165, 1.54) is 57.7 Å². The van der Waals surface area contributed by atoms with E-state index in [0.717, 1.165) is 6.07 Å². The highest BCUT2D eigenvalue weighted by molar-refractivity contribution is 7.88. The first-order chi connectivity index (χ1) is 16.0. The minimum absolute atomic E-state index is 0.0586. The lowest BCUT2D eigenvalue weighted by molar-refractivity contribution is -0.0499. The molecule has 11 heteroatoms. The minimum Gasteiger partial charge on any atom is -0.493 e. The Morgan fingerprint density at radius 3 is 1.85 bits per heavy atom. The second-order valence-corrected chi connectivity index (χ2v) is 8.34. The van der Waals surface area contributed by atoms with E-state index in [1.807, 2.05) is 0 Å². The van der Waals surface area contributed by atoms with Crippen molar-refractivity contribution in [1.82, 2.24) is 0 Å². The monoisotopic (exact) mass is 496 g/mol. The van der Waals surface area contributed by atoms with Crippen molar-refractivity contribution in [1.29, 1.82) is 0 Å². The number of ketones is 1. The van der Waals surface area contributed by atoms with E-state index >= 15 is 0 Å². The summed E-state index contributed by atoms with van der Waals surface area (Å²) in [7, 11) is -1.98. The van der Waals surface area contributed by atoms with Gasteiger partial charge in [0.05, 0.1) is 21.3 Å². The van der Waals surface area contributed by atoms with E-state index in [9.17, 15) is 26.4 Å². The average Bonchev–Trinajstić information content (AvgIpc) is 2.82. The third-order valence-electron chi connectivity index (χ3n) is 4.74. The van der Waals surface area contributed by atoms with Gasteiger partial charge in [0.1, 0.15) is 0 Å². The second kappa shape index (κ2) is 9.64. The molecule has 0 aliphatic rings. The van der Waals surface area contributed by atoms with Gasteiger partial charge in [-0.25, -0.2) is 0 Å². The summed E-state index contributed by atoms with van der Waals surface area (Å²) in [6.45, 7) is 0. The maximum absolute atomic E-state index is 13.1. The van der Waals surface area contributed by atoms with Crippen molar-refractivity contribution in [3.8, 4) is 34.1 Å². The van der Waals surface area contributed by atoms with Crippen LogP contribution in [-0.2, 0) is 10.1 Å². The van der Waals surface area contributed by atoms with Gasteiger partial charge < -0.3 is 18.4 Å². The van der Waals surface area contributed by atoms with Gasteiger partial charge in [-0.1, -0.05) is 36.4 Å². The second-order valence-electron chi connectivity index (χ2n) is 6.80. The fourth-order valence-corrected chi connectivity index (χ4v) is 3.60. The summed E-state index contributed by atoms with van der Waals surface area (Å²) in [6.07, 6.45) is 0. The molecule has 0 fully saturated rings. The highest BCUT2D eigenvalue weighted by atomic mass is 32.2. The Kier molecular flexibility index (Phi) is 7.06. The van der Waals surface area contributed by atoms with E-state index in [-0.39, 0.29) is 39.5 Å². The molecule has 0 heterocycles. The highest BCUT2D eigenvalue weighted by Crippen LogP contribution is 2.44. The Bertz CT molecular complexity index is 1280. The Morgan fingerprint density at radius 2 is 1.35 bits per heavy atom. The Labute approximate surface area is 193 Å². The summed E-state index contributed by atoms with van der Waals surface area (Å²) < 4.78 is 83.0. The van der Waals surface area contributed by atoms with Gasteiger partial charge in [0.15, 0.2) is 23.0 Å². The van der Waals surface area contributed by atoms with Crippen LogP contribution in [0.1, 0.15) is 15.9 Å². The molecule has 0 saturated heterocycles. The number of rotatable bonds is 8. The molecule has 0 atom stereocenters. The molecule has 0 bridgehead atoms. The number of alkyl halides is 3. The Morgan fingerprint density at radius 1 is 0.765 bits per heavy atom. The number of halogens is 3. The van der Waals surface area contributed by atoms with Crippen LogP contribution >= 0.6 is 0 Å². The molecule has 7 nitrogen and oxygen atoms in total. The van der Waals surface area contributed by atoms with Gasteiger partial charge in [0.2, 0.25) is 5.75 Å². The molecule has 0 spiro atoms. The Balaban J connectivity index is 2.22. The van der Waals surface area contributed by atoms with Crippen LogP contribution in [0.4, 0.5) is 13.2 Å². The summed E-state index contributed by atoms with van der Waals surface area (Å²) in [6, 6.07) is 14.3. The van der Waals surface area contributed by atoms with Gasteiger partial charge in [0, 0.05) is 16.7 Å². The molecule has 34 heavy (non-hydrogen) atoms. The van der Waals surface area contributed by atoms with E-state index in [0.29, 0.717) is 0 Å². The number of hydrogen-bond donors (Lipinski definition) is 0. The molecule has 0 aliphatic carbocycles. The molecule has 180 valence electrons. The lowest BCUT2D eigenvalue weighted by Gasteiger charge is -2.17. The molecule has 3 aromatic carbocycles. The number of benzene rings is 3. The van der Waals surface area contributed by atoms with Crippen LogP contribution in [0.2, 0.25) is 0 Å². The van der Waals surface area contributed by atoms with Gasteiger partial charge in [-0.05, 0) is 29.8 Å². The fourth-order valence-electron chi connectivity index (χ4n) is 3.13. The fraction of sp³-hybridized carbons (Fsp3) is 0.174. The lowest BCUT2D eigenvalue weighted by atomic mass is 9.98. The van der Waals surface area contributed by atoms with Crippen LogP contribution in [0.25, 0.3) is 11.1 Å². The maximum atomic E-state index is 13.1. The van der Waals surface area contributed by atoms with Crippen molar-refractivity contribution >= 4 is 15.9 Å². The summed E-state index contributed by atoms with van der Waals surface area (Å²) in [5, 5.41) is 0. The molecule has 0 radical (unpaired) electrons. The van der Waals surface area contributed by atoms with Crippen LogP contribution < -0.4 is 18.4 Å². The number of ether oxygens (including phenoxy) is 3. The summed E-state index contributed by atoms with van der Waals surface area (Å²) >= 11 is 0. The van der Waals surface area contributed by atoms with Gasteiger partial charge >= 0.3 is 15.6 Å². The van der Waals surface area contributed by atoms with Gasteiger partial charge in [-0.3, -0.25) is 4.79 Å². The third-order valence-corrected chi connectivity index (χ3v) is 5.70. The predicted molar refractivity (Wildman–Crippen MR) is 117 cm³/mol. The molecular formula is C23H19F3O7S. The van der Waals surface area contributed by atoms with E-state index in [4.69, 9.17) is 14.2 Å². The molecule has 0 aromatic heterocycles. The Hall–Kier alpha value is -3.73. The predicted octanol–water partition coefficient (Wildman–Crippen LogP) is 4.84. The van der Waals surface area contributed by atoms with E-state index < -0.39 is 27.2 Å². The van der Waals surface area contributed by atoms with E-state index in [2.05, 4.69) is 4.18 Å². The standard InChI is InChI=1S/C23H19F3O7S/c1-30-19-12-16(13-20(31-2)22(19)32-3)17-10-9-15(21(27)14-7-5-4-6-8-14)11-18(17)33-34(28,29)23(24,25)26/h4-13H,1-3H3. The van der Waals surface area contributed by atoms with Gasteiger partial charge in [0.25, 0.3) is 0 Å². The van der Waals surface area contributed by atoms with Crippen molar-refractivity contribution < 1.29 is 44.8 Å². The first-order valence-electron chi connectivity index (χ1n) is 9.57. The van der Waals surface area contributed by atoms with Crippen LogP contribution in [0.15, 0.2) is 60.7 Å². The van der Waals surface area contributed by atoms with E-state index in [1.54, 1.807) is 18.2 Å². The zero-order valence-corrected chi connectivity index (χ0v) is 19.0. The first-order valence-corrected chi connectivity index (χ1v) is 11.0. The van der Waals surface area contributed by atoms with Crippen molar-refractivity contribution in [3.63, 3.8) is 0 Å². The quantitative estimate of drug-likeness (QED) is 0.251. The minimum atomic E-state index is -6.03. The number of carbonyl (C=O) groups excluding carboxylic acids is 1. The lowest BCUT2D eigenvalue weighted by Crippen LogP contribution is -2.28. The van der Waals surface area contributed by atoms with Crippen LogP contribution in [0.5, 0.6) is 23.0 Å². The zero-order valence-electron chi connectivity index (χ0n) is 18.2. The summed E-state index contributed by atoms with van der Waals surface area (Å²) in [4.78, 5) is 12.8. The average molecular weight is 496 g/mol. The highest BCUT2D eigenvalue weighted by Gasteiger charge is 2.49. The van der Waals surface area contributed by atoms with Crippen molar-refractivity contribution in [2.75, 3.05) is 21.3 Å². The zero-order chi connectivity index (χ0) is 25.1. The molecule has 3 rings (SSSR count). The topological polar surface area (TPSA) is 88.1 Å². The molecule has 0 N–H and O–H groups in total. The van der Waals surface area contributed by atoms with Crippen LogP contribution in [0.3, 0.4) is 0 Å². The van der Waals surface area contributed by atoms with Crippen LogP contribution in [0, 0.1) is 0 Å². The molecule has 0 aliphatic heterocycles. The molecular weight excluding hydrogens is 477 g/mol. The summed E-state index contributed by atoms with van der Waals surface area (Å²) in [5.41, 5.74) is -5.36. The molecule has 0 saturated carbocycles. The number of methoxy groups -OCH3 is 3. The normalized spacial score (nSPS) is 11.6. The third kappa shape index (κ3) is 4.93. The largest absolute Gasteiger partial charge is 0.534 e. The SMILES string of the molecule is COc1cc(-c2ccc(C(=O)c3ccccc3)cc2OS(=O)(=O)C(F)(F)F)cc(OC)c1OC. The maximum Gasteiger partial charge on any atom is 0.534 e. The van der Waals surface area contributed by atoms with Crippen LogP contribution in [-0.4, -0.2) is 41.0 Å².